The maximum absolute atomic E-state index is 13.2. The topological polar surface area (TPSA) is 170 Å². The summed E-state index contributed by atoms with van der Waals surface area (Å²) in [5, 5.41) is 24.4. The van der Waals surface area contributed by atoms with Crippen LogP contribution < -0.4 is 9.03 Å². The Morgan fingerprint density at radius 1 is 0.795 bits per heavy atom. The van der Waals surface area contributed by atoms with E-state index in [1.54, 1.807) is 22.9 Å². The van der Waals surface area contributed by atoms with Gasteiger partial charge in [0, 0.05) is 19.2 Å². The Bertz CT molecular complexity index is 1710. The fourth-order valence-electron chi connectivity index (χ4n) is 2.86. The smallest absolute Gasteiger partial charge is 0.279 e. The zero-order chi connectivity index (χ0) is 29.0. The van der Waals surface area contributed by atoms with Gasteiger partial charge < -0.3 is 0 Å². The van der Waals surface area contributed by atoms with Crippen LogP contribution in [0, 0.1) is 31.9 Å². The molecule has 0 spiro atoms. The number of thiophene rings is 2. The summed E-state index contributed by atoms with van der Waals surface area (Å²) in [6.07, 6.45) is 0. The first-order chi connectivity index (χ1) is 18.2. The van der Waals surface area contributed by atoms with Crippen LogP contribution in [0.25, 0.3) is 0 Å². The molecule has 0 atom stereocenters. The van der Waals surface area contributed by atoms with Crippen molar-refractivity contribution < 1.29 is 35.5 Å². The number of nitro groups is 2. The Labute approximate surface area is 228 Å². The average molecular weight is 619 g/mol. The van der Waals surface area contributed by atoms with Gasteiger partial charge >= 0.3 is 11.4 Å². The lowest BCUT2D eigenvalue weighted by molar-refractivity contribution is -0.387. The van der Waals surface area contributed by atoms with Crippen molar-refractivity contribution in [1.29, 1.82) is 0 Å². The molecule has 12 nitrogen and oxygen atoms in total. The average Bonchev–Trinajstić information content (AvgIpc) is 3.60. The SMILES string of the molecule is CN(c1ccc(F)c([N+](=O)[O-])c1)S(=O)(=O)c1cccs1.O=[N+]([O-])c1cc(NS(=O)(=O)c2cccs2)ccc1F. The number of anilines is 2. The van der Waals surface area contributed by atoms with E-state index < -0.39 is 52.9 Å². The number of benzene rings is 2. The molecular formula is C21H16F2N4O8S4. The summed E-state index contributed by atoms with van der Waals surface area (Å²) in [5.74, 6) is -2.04. The lowest BCUT2D eigenvalue weighted by Gasteiger charge is -2.18. The highest BCUT2D eigenvalue weighted by molar-refractivity contribution is 7.95. The van der Waals surface area contributed by atoms with Crippen molar-refractivity contribution in [1.82, 2.24) is 0 Å². The quantitative estimate of drug-likeness (QED) is 0.207. The molecule has 4 rings (SSSR count). The Kier molecular flexibility index (Phi) is 8.95. The normalized spacial score (nSPS) is 11.3. The standard InChI is InChI=1S/C11H9FN2O4S2.C10H7FN2O4S2/c1-13(20(17,18)11-3-2-6-19-11)8-4-5-9(12)10(7-8)14(15)16;11-8-4-3-7(6-9(8)13(14)15)12-19(16,17)10-2-1-5-18-10/h2-7H,1H3;1-6,12H. The van der Waals surface area contributed by atoms with E-state index in [9.17, 15) is 45.8 Å². The summed E-state index contributed by atoms with van der Waals surface area (Å²) >= 11 is 2.03. The van der Waals surface area contributed by atoms with Crippen LogP contribution >= 0.6 is 22.7 Å². The molecule has 4 aromatic rings. The number of rotatable bonds is 8. The molecule has 0 radical (unpaired) electrons. The third-order valence-electron chi connectivity index (χ3n) is 4.75. The molecule has 206 valence electrons. The molecule has 18 heteroatoms. The molecule has 2 aromatic heterocycles. The van der Waals surface area contributed by atoms with Crippen molar-refractivity contribution in [2.45, 2.75) is 8.42 Å². The number of nitro benzene ring substituents is 2. The van der Waals surface area contributed by atoms with Gasteiger partial charge in [0.25, 0.3) is 20.0 Å². The van der Waals surface area contributed by atoms with Gasteiger partial charge in [-0.1, -0.05) is 12.1 Å². The van der Waals surface area contributed by atoms with Crippen molar-refractivity contribution in [2.75, 3.05) is 16.1 Å². The maximum atomic E-state index is 13.2. The van der Waals surface area contributed by atoms with Gasteiger partial charge in [-0.15, -0.1) is 22.7 Å². The molecule has 0 saturated heterocycles. The molecule has 2 heterocycles. The van der Waals surface area contributed by atoms with E-state index in [0.717, 1.165) is 57.3 Å². The van der Waals surface area contributed by atoms with Gasteiger partial charge in [-0.2, -0.15) is 8.78 Å². The molecule has 0 fully saturated rings. The van der Waals surface area contributed by atoms with Crippen molar-refractivity contribution in [3.8, 4) is 0 Å². The Hall–Kier alpha value is -4.00. The third-order valence-corrected chi connectivity index (χ3v) is 10.7. The highest BCUT2D eigenvalue weighted by Gasteiger charge is 2.25. The minimum Gasteiger partial charge on any atom is -0.279 e. The van der Waals surface area contributed by atoms with Crippen LogP contribution in [0.15, 0.2) is 79.8 Å². The third kappa shape index (κ3) is 6.91. The molecule has 39 heavy (non-hydrogen) atoms. The molecule has 0 aliphatic carbocycles. The molecule has 0 saturated carbocycles. The van der Waals surface area contributed by atoms with E-state index in [2.05, 4.69) is 4.72 Å². The first-order valence-corrected chi connectivity index (χ1v) is 14.9. The summed E-state index contributed by atoms with van der Waals surface area (Å²) < 4.78 is 77.8. The van der Waals surface area contributed by atoms with Crippen molar-refractivity contribution in [3.63, 3.8) is 0 Å². The van der Waals surface area contributed by atoms with Crippen molar-refractivity contribution >= 4 is 65.5 Å². The van der Waals surface area contributed by atoms with E-state index in [0.29, 0.717) is 0 Å². The second-order valence-corrected chi connectivity index (χ2v) is 13.3. The number of sulfonamides is 2. The molecule has 0 unspecified atom stereocenters. The van der Waals surface area contributed by atoms with Crippen LogP contribution in [-0.4, -0.2) is 33.7 Å². The molecule has 1 N–H and O–H groups in total. The van der Waals surface area contributed by atoms with Crippen LogP contribution in [0.2, 0.25) is 0 Å². The zero-order valence-electron chi connectivity index (χ0n) is 19.4. The summed E-state index contributed by atoms with van der Waals surface area (Å²) in [7, 11) is -6.34. The van der Waals surface area contributed by atoms with E-state index in [1.807, 2.05) is 0 Å². The fourth-order valence-corrected chi connectivity index (χ4v) is 7.25. The Balaban J connectivity index is 0.000000216. The first kappa shape index (κ1) is 29.6. The highest BCUT2D eigenvalue weighted by atomic mass is 32.3. The van der Waals surface area contributed by atoms with Gasteiger partial charge in [0.1, 0.15) is 8.42 Å². The second-order valence-electron chi connectivity index (χ2n) is 7.26. The first-order valence-electron chi connectivity index (χ1n) is 10.2. The number of hydrogen-bond donors (Lipinski definition) is 1. The minimum atomic E-state index is -3.80. The zero-order valence-corrected chi connectivity index (χ0v) is 22.7. The number of nitrogens with zero attached hydrogens (tertiary/aromatic N) is 3. The van der Waals surface area contributed by atoms with E-state index in [1.165, 1.54) is 25.2 Å². The summed E-state index contributed by atoms with van der Waals surface area (Å²) in [5.41, 5.74) is -1.60. The van der Waals surface area contributed by atoms with Crippen LogP contribution in [0.4, 0.5) is 31.5 Å². The lowest BCUT2D eigenvalue weighted by Crippen LogP contribution is -2.25. The maximum Gasteiger partial charge on any atom is 0.306 e. The molecular weight excluding hydrogens is 603 g/mol. The van der Waals surface area contributed by atoms with Gasteiger partial charge in [-0.3, -0.25) is 29.3 Å². The number of halogens is 2. The van der Waals surface area contributed by atoms with Gasteiger partial charge in [0.2, 0.25) is 11.6 Å². The summed E-state index contributed by atoms with van der Waals surface area (Å²) in [4.78, 5) is 19.4. The van der Waals surface area contributed by atoms with Gasteiger partial charge in [-0.25, -0.2) is 16.8 Å². The van der Waals surface area contributed by atoms with E-state index in [4.69, 9.17) is 0 Å². The van der Waals surface area contributed by atoms with Gasteiger partial charge in [0.15, 0.2) is 0 Å². The Morgan fingerprint density at radius 3 is 1.82 bits per heavy atom. The largest absolute Gasteiger partial charge is 0.306 e. The molecule has 0 bridgehead atoms. The fraction of sp³-hybridized carbons (Fsp3) is 0.0476. The molecule has 0 aliphatic rings. The predicted octanol–water partition coefficient (Wildman–Crippen LogP) is 5.22. The molecule has 0 amide bonds. The predicted molar refractivity (Wildman–Crippen MR) is 141 cm³/mol. The van der Waals surface area contributed by atoms with Crippen LogP contribution in [0.3, 0.4) is 0 Å². The van der Waals surface area contributed by atoms with Crippen LogP contribution in [-0.2, 0) is 20.0 Å². The number of hydrogen-bond acceptors (Lipinski definition) is 10. The van der Waals surface area contributed by atoms with E-state index in [-0.39, 0.29) is 19.8 Å². The summed E-state index contributed by atoms with van der Waals surface area (Å²) in [6.45, 7) is 0. The summed E-state index contributed by atoms with van der Waals surface area (Å²) in [6, 6.07) is 11.7. The lowest BCUT2D eigenvalue weighted by atomic mass is 10.2. The molecule has 2 aromatic carbocycles. The van der Waals surface area contributed by atoms with Crippen LogP contribution in [0.1, 0.15) is 0 Å². The van der Waals surface area contributed by atoms with Crippen LogP contribution in [0.5, 0.6) is 0 Å². The Morgan fingerprint density at radius 2 is 1.31 bits per heavy atom. The van der Waals surface area contributed by atoms with Crippen molar-refractivity contribution in [3.05, 3.63) is 103 Å². The minimum absolute atomic E-state index is 0.0199. The highest BCUT2D eigenvalue weighted by Crippen LogP contribution is 2.29. The van der Waals surface area contributed by atoms with E-state index >= 15 is 0 Å². The van der Waals surface area contributed by atoms with Gasteiger partial charge in [0.05, 0.1) is 21.2 Å². The molecule has 0 aliphatic heterocycles. The van der Waals surface area contributed by atoms with Gasteiger partial charge in [-0.05, 0) is 47.2 Å². The number of nitrogens with one attached hydrogen (secondary N) is 1. The second kappa shape index (κ2) is 11.8. The monoisotopic (exact) mass is 618 g/mol. The van der Waals surface area contributed by atoms with Crippen molar-refractivity contribution in [2.24, 2.45) is 0 Å².